The molecule has 2 unspecified atom stereocenters. The Bertz CT molecular complexity index is 2860. The molecule has 0 amide bonds. The first-order chi connectivity index (χ1) is 26.2. The lowest BCUT2D eigenvalue weighted by molar-refractivity contribution is 0.663. The van der Waals surface area contributed by atoms with E-state index in [-0.39, 0.29) is 0 Å². The molecule has 53 heavy (non-hydrogen) atoms. The minimum absolute atomic E-state index is 0.433. The van der Waals surface area contributed by atoms with Gasteiger partial charge in [0.25, 0.3) is 0 Å². The summed E-state index contributed by atoms with van der Waals surface area (Å²) in [6, 6.07) is 38.8. The van der Waals surface area contributed by atoms with E-state index in [4.69, 9.17) is 0 Å². The fourth-order valence-electron chi connectivity index (χ4n) is 9.01. The van der Waals surface area contributed by atoms with Crippen LogP contribution in [0.1, 0.15) is 43.4 Å². The van der Waals surface area contributed by atoms with E-state index in [1.54, 1.807) is 0 Å². The first-order valence-corrected chi connectivity index (χ1v) is 19.2. The van der Waals surface area contributed by atoms with Gasteiger partial charge in [0.2, 0.25) is 0 Å². The van der Waals surface area contributed by atoms with Gasteiger partial charge in [-0.25, -0.2) is 0 Å². The van der Waals surface area contributed by atoms with Crippen molar-refractivity contribution in [1.29, 1.82) is 0 Å². The molecule has 3 aliphatic carbocycles. The molecule has 2 aromatic heterocycles. The monoisotopic (exact) mass is 682 g/mol. The van der Waals surface area contributed by atoms with E-state index in [1.165, 1.54) is 88.0 Å². The van der Waals surface area contributed by atoms with Crippen LogP contribution in [-0.4, -0.2) is 9.13 Å². The van der Waals surface area contributed by atoms with Gasteiger partial charge in [-0.05, 0) is 102 Å². The van der Waals surface area contributed by atoms with Crippen molar-refractivity contribution < 1.29 is 0 Å². The lowest BCUT2D eigenvalue weighted by Crippen LogP contribution is -2.30. The van der Waals surface area contributed by atoms with Crippen LogP contribution in [0.5, 0.6) is 0 Å². The molecule has 0 saturated heterocycles. The SMILES string of the molecule is C/C=C\c1ccc(-c2ccc(-n3c4ccccc4c4c5c6c(n(-c7ccc(C8=CC9C=CC=CC9C=C8)cc7)c5ccc43)=CCCC=6)cc2)cc1CC. The number of rotatable bonds is 6. The van der Waals surface area contributed by atoms with Crippen LogP contribution in [0.2, 0.25) is 0 Å². The molecule has 0 aliphatic heterocycles. The average Bonchev–Trinajstić information content (AvgIpc) is 3.74. The highest BCUT2D eigenvalue weighted by molar-refractivity contribution is 6.21. The number of aromatic nitrogens is 2. The Kier molecular flexibility index (Phi) is 7.65. The van der Waals surface area contributed by atoms with Crippen LogP contribution in [0.15, 0.2) is 152 Å². The molecule has 2 heterocycles. The molecule has 10 rings (SSSR count). The van der Waals surface area contributed by atoms with Crippen molar-refractivity contribution in [3.8, 4) is 22.5 Å². The molecular formula is C51H42N2. The maximum Gasteiger partial charge on any atom is 0.0548 e. The molecule has 2 heteroatoms. The first kappa shape index (κ1) is 31.6. The number of para-hydroxylation sites is 1. The summed E-state index contributed by atoms with van der Waals surface area (Å²) in [4.78, 5) is 0. The summed E-state index contributed by atoms with van der Waals surface area (Å²) < 4.78 is 4.95. The van der Waals surface area contributed by atoms with Crippen molar-refractivity contribution in [3.63, 3.8) is 0 Å². The van der Waals surface area contributed by atoms with Gasteiger partial charge in [0.05, 0.1) is 16.6 Å². The number of aryl methyl sites for hydroxylation is 1. The van der Waals surface area contributed by atoms with Gasteiger partial charge >= 0.3 is 0 Å². The summed E-state index contributed by atoms with van der Waals surface area (Å²) >= 11 is 0. The molecule has 0 bridgehead atoms. The van der Waals surface area contributed by atoms with Crippen LogP contribution in [0, 0.1) is 11.8 Å². The highest BCUT2D eigenvalue weighted by Gasteiger charge is 2.21. The highest BCUT2D eigenvalue weighted by Crippen LogP contribution is 2.38. The molecule has 0 spiro atoms. The highest BCUT2D eigenvalue weighted by atomic mass is 15.0. The Hall–Kier alpha value is -6.12. The quantitative estimate of drug-likeness (QED) is 0.165. The molecule has 2 atom stereocenters. The van der Waals surface area contributed by atoms with Gasteiger partial charge in [0.15, 0.2) is 0 Å². The molecule has 3 aliphatic rings. The second-order valence-electron chi connectivity index (χ2n) is 14.6. The predicted octanol–water partition coefficient (Wildman–Crippen LogP) is 11.7. The van der Waals surface area contributed by atoms with Crippen LogP contribution >= 0.6 is 0 Å². The van der Waals surface area contributed by atoms with Crippen molar-refractivity contribution in [2.75, 3.05) is 0 Å². The van der Waals surface area contributed by atoms with Gasteiger partial charge in [0.1, 0.15) is 0 Å². The lowest BCUT2D eigenvalue weighted by Gasteiger charge is -2.23. The third-order valence-corrected chi connectivity index (χ3v) is 11.6. The van der Waals surface area contributed by atoms with Crippen molar-refractivity contribution in [3.05, 3.63) is 179 Å². The second-order valence-corrected chi connectivity index (χ2v) is 14.6. The Morgan fingerprint density at radius 1 is 0.642 bits per heavy atom. The molecule has 7 aromatic rings. The summed E-state index contributed by atoms with van der Waals surface area (Å²) in [6.07, 6.45) is 28.4. The van der Waals surface area contributed by atoms with E-state index in [9.17, 15) is 0 Å². The Labute approximate surface area is 311 Å². The number of benzene rings is 5. The fraction of sp³-hybridized carbons (Fsp3) is 0.137. The largest absolute Gasteiger partial charge is 0.310 e. The topological polar surface area (TPSA) is 9.86 Å². The maximum absolute atomic E-state index is 2.49. The van der Waals surface area contributed by atoms with E-state index in [0.29, 0.717) is 11.8 Å². The van der Waals surface area contributed by atoms with Gasteiger partial charge in [0, 0.05) is 49.9 Å². The average molecular weight is 683 g/mol. The molecule has 0 saturated carbocycles. The Balaban J connectivity index is 1.10. The van der Waals surface area contributed by atoms with Gasteiger partial charge in [-0.15, -0.1) is 0 Å². The summed E-state index contributed by atoms with van der Waals surface area (Å²) in [7, 11) is 0. The van der Waals surface area contributed by atoms with Gasteiger partial charge in [-0.2, -0.15) is 0 Å². The standard InChI is InChI=1S/C51H42N2/c1-3-11-35-18-20-40(32-34(35)4-2)37-22-26-42(27-23-37)52-46-16-9-7-14-44(46)50-48(52)30-31-49-51(50)45-15-8-10-17-47(45)53(49)43-28-24-38(25-29-43)41-21-19-36-12-5-6-13-39(36)33-41/h3,5-7,9,11-33,36,39H,4,8,10H2,1-2H3/b11-3-. The summed E-state index contributed by atoms with van der Waals surface area (Å²) in [6.45, 7) is 4.32. The van der Waals surface area contributed by atoms with Crippen LogP contribution < -0.4 is 10.6 Å². The van der Waals surface area contributed by atoms with Crippen LogP contribution in [0.25, 0.3) is 79.0 Å². The summed E-state index contributed by atoms with van der Waals surface area (Å²) in [5, 5.41) is 6.62. The van der Waals surface area contributed by atoms with E-state index >= 15 is 0 Å². The minimum atomic E-state index is 0.433. The van der Waals surface area contributed by atoms with E-state index in [1.807, 2.05) is 0 Å². The zero-order chi connectivity index (χ0) is 35.5. The van der Waals surface area contributed by atoms with E-state index in [0.717, 1.165) is 19.3 Å². The molecule has 2 nitrogen and oxygen atoms in total. The van der Waals surface area contributed by atoms with Gasteiger partial charge in [-0.1, -0.05) is 134 Å². The number of fused-ring (bicyclic) bond motifs is 8. The first-order valence-electron chi connectivity index (χ1n) is 19.2. The zero-order valence-electron chi connectivity index (χ0n) is 30.3. The summed E-state index contributed by atoms with van der Waals surface area (Å²) in [5.74, 6) is 0.900. The molecule has 0 radical (unpaired) electrons. The molecule has 0 N–H and O–H groups in total. The summed E-state index contributed by atoms with van der Waals surface area (Å²) in [5.41, 5.74) is 13.9. The Morgan fingerprint density at radius 2 is 1.34 bits per heavy atom. The van der Waals surface area contributed by atoms with Crippen molar-refractivity contribution in [1.82, 2.24) is 9.13 Å². The molecule has 0 fully saturated rings. The molecular weight excluding hydrogens is 641 g/mol. The Morgan fingerprint density at radius 3 is 2.13 bits per heavy atom. The van der Waals surface area contributed by atoms with Crippen LogP contribution in [0.4, 0.5) is 0 Å². The third-order valence-electron chi connectivity index (χ3n) is 11.6. The third kappa shape index (κ3) is 5.16. The van der Waals surface area contributed by atoms with Crippen LogP contribution in [-0.2, 0) is 6.42 Å². The second kappa shape index (κ2) is 12.8. The van der Waals surface area contributed by atoms with Crippen LogP contribution in [0.3, 0.4) is 0 Å². The fourth-order valence-corrected chi connectivity index (χ4v) is 9.01. The van der Waals surface area contributed by atoms with Crippen molar-refractivity contribution in [2.24, 2.45) is 11.8 Å². The number of hydrogen-bond acceptors (Lipinski definition) is 0. The smallest absolute Gasteiger partial charge is 0.0548 e. The lowest BCUT2D eigenvalue weighted by atomic mass is 9.82. The maximum atomic E-state index is 2.49. The van der Waals surface area contributed by atoms with Crippen molar-refractivity contribution in [2.45, 2.75) is 33.1 Å². The van der Waals surface area contributed by atoms with Gasteiger partial charge in [-0.3, -0.25) is 0 Å². The number of allylic oxidation sites excluding steroid dienone is 9. The number of nitrogens with zero attached hydrogens (tertiary/aromatic N) is 2. The number of hydrogen-bond donors (Lipinski definition) is 0. The van der Waals surface area contributed by atoms with Gasteiger partial charge < -0.3 is 9.13 Å². The van der Waals surface area contributed by atoms with E-state index in [2.05, 4.69) is 193 Å². The molecule has 5 aromatic carbocycles. The normalized spacial score (nSPS) is 17.7. The van der Waals surface area contributed by atoms with Crippen molar-refractivity contribution >= 4 is 56.5 Å². The molecule has 256 valence electrons. The zero-order valence-corrected chi connectivity index (χ0v) is 30.3. The predicted molar refractivity (Wildman–Crippen MR) is 227 cm³/mol. The minimum Gasteiger partial charge on any atom is -0.310 e. The van der Waals surface area contributed by atoms with E-state index < -0.39 is 0 Å².